The molecule has 138 valence electrons. The van der Waals surface area contributed by atoms with Gasteiger partial charge in [-0.05, 0) is 36.8 Å². The number of nitrogens with one attached hydrogen (secondary N) is 2. The van der Waals surface area contributed by atoms with Crippen LogP contribution in [-0.4, -0.2) is 25.6 Å². The van der Waals surface area contributed by atoms with Gasteiger partial charge in [0.05, 0.1) is 11.3 Å². The molecule has 3 heterocycles. The summed E-state index contributed by atoms with van der Waals surface area (Å²) in [5.74, 6) is -0.459. The molecule has 1 unspecified atom stereocenters. The number of hydrogen-bond acceptors (Lipinski definition) is 5. The van der Waals surface area contributed by atoms with Gasteiger partial charge in [-0.1, -0.05) is 6.92 Å². The highest BCUT2D eigenvalue weighted by molar-refractivity contribution is 5.88. The molecule has 0 fully saturated rings. The average molecular weight is 363 g/mol. The molecule has 0 saturated carbocycles. The van der Waals surface area contributed by atoms with E-state index in [0.29, 0.717) is 5.95 Å². The third-order valence-corrected chi connectivity index (χ3v) is 4.91. The molecule has 0 amide bonds. The fourth-order valence-corrected chi connectivity index (χ4v) is 3.50. The number of aromatic nitrogens is 3. The van der Waals surface area contributed by atoms with E-state index in [2.05, 4.69) is 46.4 Å². The van der Waals surface area contributed by atoms with E-state index >= 15 is 0 Å². The minimum absolute atomic E-state index is 0.244. The lowest BCUT2D eigenvalue weighted by atomic mass is 10.0. The molecule has 1 aromatic carbocycles. The smallest absolute Gasteiger partial charge is 0.335 e. The van der Waals surface area contributed by atoms with Crippen LogP contribution in [0.4, 0.5) is 11.6 Å². The second-order valence-corrected chi connectivity index (χ2v) is 6.64. The molecule has 3 N–H and O–H groups in total. The Bertz CT molecular complexity index is 994. The van der Waals surface area contributed by atoms with Gasteiger partial charge in [0, 0.05) is 54.5 Å². The largest absolute Gasteiger partial charge is 0.478 e. The topological polar surface area (TPSA) is 92.1 Å². The monoisotopic (exact) mass is 363 g/mol. The molecule has 27 heavy (non-hydrogen) atoms. The molecule has 4 rings (SSSR count). The van der Waals surface area contributed by atoms with E-state index in [0.717, 1.165) is 35.5 Å². The van der Waals surface area contributed by atoms with E-state index in [9.17, 15) is 4.79 Å². The van der Waals surface area contributed by atoms with Gasteiger partial charge in [0.2, 0.25) is 5.95 Å². The molecule has 0 spiro atoms. The molecule has 1 aliphatic rings. The molecule has 1 aliphatic heterocycles. The molecule has 0 aliphatic carbocycles. The predicted octanol–water partition coefficient (Wildman–Crippen LogP) is 3.48. The maximum absolute atomic E-state index is 11.0. The Morgan fingerprint density at radius 2 is 2.11 bits per heavy atom. The normalized spacial score (nSPS) is 15.6. The highest BCUT2D eigenvalue weighted by Gasteiger charge is 2.25. The molecular weight excluding hydrogens is 342 g/mol. The molecule has 7 heteroatoms. The number of rotatable bonds is 4. The van der Waals surface area contributed by atoms with Crippen LogP contribution in [0.2, 0.25) is 0 Å². The summed E-state index contributed by atoms with van der Waals surface area (Å²) in [5, 5.41) is 15.7. The molecule has 0 bridgehead atoms. The van der Waals surface area contributed by atoms with Crippen molar-refractivity contribution in [3.05, 3.63) is 59.5 Å². The Labute approximate surface area is 157 Å². The SMILES string of the molecule is CCC1NCc2cnc(Nc3ccc(C(=O)O)cc3)nc2-c2ccn(C)c21. The minimum atomic E-state index is -0.947. The summed E-state index contributed by atoms with van der Waals surface area (Å²) >= 11 is 0. The van der Waals surface area contributed by atoms with E-state index in [1.807, 2.05) is 6.20 Å². The van der Waals surface area contributed by atoms with Crippen LogP contribution >= 0.6 is 0 Å². The van der Waals surface area contributed by atoms with Gasteiger partial charge in [-0.2, -0.15) is 0 Å². The fraction of sp³-hybridized carbons (Fsp3) is 0.250. The summed E-state index contributed by atoms with van der Waals surface area (Å²) in [6, 6.07) is 8.90. The van der Waals surface area contributed by atoms with Crippen molar-refractivity contribution in [2.75, 3.05) is 5.32 Å². The maximum Gasteiger partial charge on any atom is 0.335 e. The Morgan fingerprint density at radius 3 is 2.81 bits per heavy atom. The van der Waals surface area contributed by atoms with Crippen molar-refractivity contribution in [1.82, 2.24) is 19.9 Å². The summed E-state index contributed by atoms with van der Waals surface area (Å²) < 4.78 is 2.14. The Balaban J connectivity index is 1.69. The van der Waals surface area contributed by atoms with Crippen LogP contribution in [0.5, 0.6) is 0 Å². The maximum atomic E-state index is 11.0. The van der Waals surface area contributed by atoms with Crippen LogP contribution in [0.1, 0.15) is 41.0 Å². The van der Waals surface area contributed by atoms with Gasteiger partial charge in [0.25, 0.3) is 0 Å². The van der Waals surface area contributed by atoms with Gasteiger partial charge in [0.1, 0.15) is 0 Å². The average Bonchev–Trinajstić information content (AvgIpc) is 2.97. The van der Waals surface area contributed by atoms with E-state index in [4.69, 9.17) is 10.1 Å². The summed E-state index contributed by atoms with van der Waals surface area (Å²) in [6.45, 7) is 2.89. The van der Waals surface area contributed by atoms with Gasteiger partial charge in [-0.15, -0.1) is 0 Å². The van der Waals surface area contributed by atoms with Crippen LogP contribution in [0, 0.1) is 0 Å². The summed E-state index contributed by atoms with van der Waals surface area (Å²) in [6.07, 6.45) is 4.90. The van der Waals surface area contributed by atoms with Crippen molar-refractivity contribution in [3.8, 4) is 11.3 Å². The van der Waals surface area contributed by atoms with E-state index < -0.39 is 5.97 Å². The van der Waals surface area contributed by atoms with Crippen molar-refractivity contribution in [2.45, 2.75) is 25.9 Å². The van der Waals surface area contributed by atoms with Crippen LogP contribution in [0.15, 0.2) is 42.7 Å². The highest BCUT2D eigenvalue weighted by atomic mass is 16.4. The first-order valence-electron chi connectivity index (χ1n) is 8.92. The van der Waals surface area contributed by atoms with Crippen molar-refractivity contribution >= 4 is 17.6 Å². The van der Waals surface area contributed by atoms with Gasteiger partial charge in [0.15, 0.2) is 0 Å². The highest BCUT2D eigenvalue weighted by Crippen LogP contribution is 2.35. The first-order chi connectivity index (χ1) is 13.1. The van der Waals surface area contributed by atoms with Gasteiger partial charge in [-0.3, -0.25) is 0 Å². The van der Waals surface area contributed by atoms with Gasteiger partial charge in [-0.25, -0.2) is 14.8 Å². The minimum Gasteiger partial charge on any atom is -0.478 e. The molecular formula is C20H21N5O2. The van der Waals surface area contributed by atoms with Crippen molar-refractivity contribution < 1.29 is 9.90 Å². The number of benzene rings is 1. The van der Waals surface area contributed by atoms with Crippen LogP contribution in [0.25, 0.3) is 11.3 Å². The summed E-state index contributed by atoms with van der Waals surface area (Å²) in [5.41, 5.74) is 5.32. The molecule has 2 aromatic heterocycles. The Kier molecular flexibility index (Phi) is 4.37. The first kappa shape index (κ1) is 17.2. The third-order valence-electron chi connectivity index (χ3n) is 4.91. The molecule has 3 aromatic rings. The number of anilines is 2. The van der Waals surface area contributed by atoms with Crippen LogP contribution < -0.4 is 10.6 Å². The zero-order valence-electron chi connectivity index (χ0n) is 15.2. The number of fused-ring (bicyclic) bond motifs is 3. The van der Waals surface area contributed by atoms with E-state index in [1.165, 1.54) is 5.69 Å². The molecule has 0 saturated heterocycles. The van der Waals surface area contributed by atoms with E-state index in [1.54, 1.807) is 24.3 Å². The van der Waals surface area contributed by atoms with Crippen molar-refractivity contribution in [3.63, 3.8) is 0 Å². The van der Waals surface area contributed by atoms with Crippen LogP contribution in [-0.2, 0) is 13.6 Å². The Hall–Kier alpha value is -3.19. The molecule has 0 radical (unpaired) electrons. The van der Waals surface area contributed by atoms with Crippen molar-refractivity contribution in [1.29, 1.82) is 0 Å². The number of carbonyl (C=O) groups is 1. The second kappa shape index (κ2) is 6.85. The number of aromatic carboxylic acids is 1. The molecule has 7 nitrogen and oxygen atoms in total. The standard InChI is InChI=1S/C20H21N5O2/c1-3-16-18-15(8-9-25(18)2)17-13(10-21-16)11-22-20(24-17)23-14-6-4-12(5-7-14)19(26)27/h4-9,11,16,21H,3,10H2,1-2H3,(H,26,27)(H,22,23,24). The predicted molar refractivity (Wildman–Crippen MR) is 103 cm³/mol. The molecule has 1 atom stereocenters. The first-order valence-corrected chi connectivity index (χ1v) is 8.92. The summed E-state index contributed by atoms with van der Waals surface area (Å²) in [7, 11) is 2.05. The lowest BCUT2D eigenvalue weighted by Crippen LogP contribution is -2.20. The summed E-state index contributed by atoms with van der Waals surface area (Å²) in [4.78, 5) is 20.2. The zero-order valence-corrected chi connectivity index (χ0v) is 15.2. The number of nitrogens with zero attached hydrogens (tertiary/aromatic N) is 3. The van der Waals surface area contributed by atoms with E-state index in [-0.39, 0.29) is 11.6 Å². The van der Waals surface area contributed by atoms with Gasteiger partial charge < -0.3 is 20.3 Å². The number of hydrogen-bond donors (Lipinski definition) is 3. The van der Waals surface area contributed by atoms with Crippen LogP contribution in [0.3, 0.4) is 0 Å². The lowest BCUT2D eigenvalue weighted by Gasteiger charge is -2.16. The zero-order chi connectivity index (χ0) is 19.0. The number of aryl methyl sites for hydroxylation is 1. The second-order valence-electron chi connectivity index (χ2n) is 6.64. The quantitative estimate of drug-likeness (QED) is 0.657. The van der Waals surface area contributed by atoms with Crippen molar-refractivity contribution in [2.24, 2.45) is 7.05 Å². The third kappa shape index (κ3) is 3.17. The fourth-order valence-electron chi connectivity index (χ4n) is 3.50. The van der Waals surface area contributed by atoms with Gasteiger partial charge >= 0.3 is 5.97 Å². The Morgan fingerprint density at radius 1 is 1.33 bits per heavy atom. The lowest BCUT2D eigenvalue weighted by molar-refractivity contribution is 0.0697. The number of carboxylic acids is 1. The number of carboxylic acid groups (broad SMARTS) is 1.